The van der Waals surface area contributed by atoms with Crippen LogP contribution in [0.25, 0.3) is 11.0 Å². The van der Waals surface area contributed by atoms with Crippen LogP contribution >= 0.6 is 11.6 Å². The minimum absolute atomic E-state index is 0.167. The summed E-state index contributed by atoms with van der Waals surface area (Å²) in [7, 11) is -0.361. The maximum Gasteiger partial charge on any atom is 0.310 e. The van der Waals surface area contributed by atoms with Gasteiger partial charge in [0.05, 0.1) is 37.7 Å². The van der Waals surface area contributed by atoms with E-state index in [0.29, 0.717) is 46.3 Å². The highest BCUT2D eigenvalue weighted by molar-refractivity contribution is 6.55. The Hall–Kier alpha value is -3.40. The number of carbonyl (C=O) groups excluding carboxylic acids is 2. The second-order valence-corrected chi connectivity index (χ2v) is 11.7. The number of hydrogen-bond donors (Lipinski definition) is 1. The zero-order chi connectivity index (χ0) is 24.8. The minimum Gasteiger partial charge on any atom is -0.358 e. The van der Waals surface area contributed by atoms with Crippen LogP contribution in [0.5, 0.6) is 0 Å². The molecule has 1 aromatic carbocycles. The monoisotopic (exact) mass is 506 g/mol. The normalized spacial score (nSPS) is 10.9. The molecule has 0 saturated heterocycles. The fourth-order valence-corrected chi connectivity index (χ4v) is 4.20. The van der Waals surface area contributed by atoms with Gasteiger partial charge in [-0.05, 0) is 29.8 Å². The van der Waals surface area contributed by atoms with Crippen LogP contribution < -0.4 is 5.32 Å². The number of benzene rings is 1. The molecule has 0 atom stereocenters. The number of halogens is 1. The molecule has 1 N–H and O–H groups in total. The van der Waals surface area contributed by atoms with Crippen LogP contribution in [0.15, 0.2) is 61.3 Å². The summed E-state index contributed by atoms with van der Waals surface area (Å²) < 4.78 is 7.62. The molecule has 0 aliphatic carbocycles. The Labute approximate surface area is 209 Å². The second kappa shape index (κ2) is 11.3. The van der Waals surface area contributed by atoms with E-state index in [4.69, 9.17) is 16.3 Å². The third kappa shape index (κ3) is 6.39. The molecule has 0 radical (unpaired) electrons. The van der Waals surface area contributed by atoms with Crippen molar-refractivity contribution in [3.8, 4) is 0 Å². The summed E-state index contributed by atoms with van der Waals surface area (Å²) in [6.45, 7) is 5.45. The molecule has 0 aliphatic rings. The van der Waals surface area contributed by atoms with Gasteiger partial charge in [0, 0.05) is 34.6 Å². The molecule has 0 fully saturated rings. The molecule has 35 heavy (non-hydrogen) atoms. The van der Waals surface area contributed by atoms with Crippen molar-refractivity contribution in [1.29, 1.82) is 0 Å². The number of pyridine rings is 1. The predicted octanol–water partition coefficient (Wildman–Crippen LogP) is 4.62. The molecular formula is C25H25ClN5O3Si+. The van der Waals surface area contributed by atoms with Gasteiger partial charge in [0.25, 0.3) is 0 Å². The van der Waals surface area contributed by atoms with Crippen LogP contribution in [0.3, 0.4) is 0 Å². The van der Waals surface area contributed by atoms with E-state index >= 15 is 0 Å². The van der Waals surface area contributed by atoms with Crippen LogP contribution in [0.2, 0.25) is 24.2 Å². The SMILES string of the molecule is C[Si+](C)CCOCn1cc(C(=O)c2ccnc(NC(=O)Cc3ccc(Cl)cc3)c2)c2cncnc21. The van der Waals surface area contributed by atoms with Gasteiger partial charge in [0.15, 0.2) is 5.78 Å². The zero-order valence-electron chi connectivity index (χ0n) is 19.5. The Morgan fingerprint density at radius 1 is 1.14 bits per heavy atom. The Morgan fingerprint density at radius 3 is 2.71 bits per heavy atom. The molecule has 3 heterocycles. The Balaban J connectivity index is 1.50. The number of aromatic nitrogens is 4. The van der Waals surface area contributed by atoms with Gasteiger partial charge in [-0.2, -0.15) is 0 Å². The highest BCUT2D eigenvalue weighted by Gasteiger charge is 2.19. The molecule has 1 amide bonds. The summed E-state index contributed by atoms with van der Waals surface area (Å²) in [5.41, 5.74) is 2.32. The van der Waals surface area contributed by atoms with Gasteiger partial charge in [0.2, 0.25) is 5.91 Å². The summed E-state index contributed by atoms with van der Waals surface area (Å²) in [6, 6.07) is 11.3. The van der Waals surface area contributed by atoms with Crippen LogP contribution in [-0.2, 0) is 22.7 Å². The van der Waals surface area contributed by atoms with E-state index in [1.54, 1.807) is 48.8 Å². The fraction of sp³-hybridized carbons (Fsp3) is 0.240. The third-order valence-corrected chi connectivity index (χ3v) is 6.78. The number of carbonyl (C=O) groups is 2. The van der Waals surface area contributed by atoms with Crippen molar-refractivity contribution in [2.45, 2.75) is 32.3 Å². The standard InChI is InChI=1S/C25H24ClN5O3Si/c1-35(2)10-9-34-16-31-14-21(20-13-27-15-29-25(20)31)24(33)18-7-8-28-22(12-18)30-23(32)11-17-3-5-19(26)6-4-17/h3-8,12-15H,9-11,16H2,1-2H3/p+1. The second-order valence-electron chi connectivity index (χ2n) is 8.38. The number of ketones is 1. The highest BCUT2D eigenvalue weighted by Crippen LogP contribution is 2.23. The molecule has 0 unspecified atom stereocenters. The zero-order valence-corrected chi connectivity index (χ0v) is 21.2. The van der Waals surface area contributed by atoms with Gasteiger partial charge in [-0.25, -0.2) is 15.0 Å². The van der Waals surface area contributed by atoms with Crippen molar-refractivity contribution in [2.24, 2.45) is 0 Å². The molecule has 0 aliphatic heterocycles. The van der Waals surface area contributed by atoms with Gasteiger partial charge < -0.3 is 14.6 Å². The first-order chi connectivity index (χ1) is 16.9. The Bertz CT molecular complexity index is 1340. The average molecular weight is 507 g/mol. The third-order valence-electron chi connectivity index (χ3n) is 5.33. The molecule has 3 aromatic heterocycles. The summed E-state index contributed by atoms with van der Waals surface area (Å²) in [5, 5.41) is 4.00. The molecule has 178 valence electrons. The smallest absolute Gasteiger partial charge is 0.310 e. The number of rotatable bonds is 10. The maximum absolute atomic E-state index is 13.4. The maximum atomic E-state index is 13.4. The van der Waals surface area contributed by atoms with Crippen LogP contribution in [0.4, 0.5) is 5.82 Å². The molecule has 0 spiro atoms. The van der Waals surface area contributed by atoms with Gasteiger partial charge >= 0.3 is 8.80 Å². The largest absolute Gasteiger partial charge is 0.358 e. The number of hydrogen-bond acceptors (Lipinski definition) is 6. The first kappa shape index (κ1) is 24.7. The number of anilines is 1. The van der Waals surface area contributed by atoms with E-state index < -0.39 is 0 Å². The van der Waals surface area contributed by atoms with Gasteiger partial charge in [-0.1, -0.05) is 23.7 Å². The Kier molecular flexibility index (Phi) is 8.01. The van der Waals surface area contributed by atoms with Crippen molar-refractivity contribution in [2.75, 3.05) is 11.9 Å². The van der Waals surface area contributed by atoms with E-state index in [9.17, 15) is 9.59 Å². The summed E-state index contributed by atoms with van der Waals surface area (Å²) >= 11 is 5.90. The van der Waals surface area contributed by atoms with Crippen molar-refractivity contribution in [3.63, 3.8) is 0 Å². The van der Waals surface area contributed by atoms with E-state index in [-0.39, 0.29) is 26.9 Å². The van der Waals surface area contributed by atoms with Gasteiger partial charge in [-0.3, -0.25) is 9.59 Å². The molecule has 4 aromatic rings. The highest BCUT2D eigenvalue weighted by atomic mass is 35.5. The average Bonchev–Trinajstić information content (AvgIpc) is 3.21. The predicted molar refractivity (Wildman–Crippen MR) is 137 cm³/mol. The molecule has 0 bridgehead atoms. The fourth-order valence-electron chi connectivity index (χ4n) is 3.52. The molecule has 4 rings (SSSR count). The van der Waals surface area contributed by atoms with E-state index in [1.807, 2.05) is 4.57 Å². The molecule has 8 nitrogen and oxygen atoms in total. The van der Waals surface area contributed by atoms with Crippen LogP contribution in [0, 0.1) is 0 Å². The van der Waals surface area contributed by atoms with E-state index in [2.05, 4.69) is 33.4 Å². The summed E-state index contributed by atoms with van der Waals surface area (Å²) in [4.78, 5) is 38.5. The van der Waals surface area contributed by atoms with Crippen molar-refractivity contribution in [1.82, 2.24) is 19.5 Å². The Morgan fingerprint density at radius 2 is 1.94 bits per heavy atom. The number of nitrogens with zero attached hydrogens (tertiary/aromatic N) is 4. The lowest BCUT2D eigenvalue weighted by Crippen LogP contribution is -2.15. The molecule has 0 saturated carbocycles. The summed E-state index contributed by atoms with van der Waals surface area (Å²) in [5.74, 6) is -0.156. The first-order valence-corrected chi connectivity index (χ1v) is 14.2. The van der Waals surface area contributed by atoms with E-state index in [1.165, 1.54) is 12.5 Å². The van der Waals surface area contributed by atoms with Gasteiger partial charge in [-0.15, -0.1) is 0 Å². The van der Waals surface area contributed by atoms with Gasteiger partial charge in [0.1, 0.15) is 24.5 Å². The van der Waals surface area contributed by atoms with Crippen molar-refractivity contribution in [3.05, 3.63) is 83.0 Å². The number of fused-ring (bicyclic) bond motifs is 1. The topological polar surface area (TPSA) is 99.0 Å². The van der Waals surface area contributed by atoms with Crippen molar-refractivity contribution >= 4 is 48.9 Å². The summed E-state index contributed by atoms with van der Waals surface area (Å²) in [6.07, 6.45) is 6.48. The minimum atomic E-state index is -0.361. The quantitative estimate of drug-likeness (QED) is 0.191. The lowest BCUT2D eigenvalue weighted by Gasteiger charge is -2.06. The number of nitrogens with one attached hydrogen (secondary N) is 1. The van der Waals surface area contributed by atoms with Crippen LogP contribution in [-0.4, -0.2) is 46.6 Å². The molecular weight excluding hydrogens is 482 g/mol. The lowest BCUT2D eigenvalue weighted by atomic mass is 10.1. The number of amides is 1. The number of ether oxygens (including phenoxy) is 1. The first-order valence-electron chi connectivity index (χ1n) is 11.1. The van der Waals surface area contributed by atoms with E-state index in [0.717, 1.165) is 11.6 Å². The van der Waals surface area contributed by atoms with Crippen molar-refractivity contribution < 1.29 is 14.3 Å². The van der Waals surface area contributed by atoms with Crippen LogP contribution in [0.1, 0.15) is 21.5 Å². The molecule has 10 heteroatoms. The lowest BCUT2D eigenvalue weighted by molar-refractivity contribution is -0.115.